The summed E-state index contributed by atoms with van der Waals surface area (Å²) < 4.78 is 0. The fourth-order valence-electron chi connectivity index (χ4n) is 5.13. The van der Waals surface area contributed by atoms with Crippen LogP contribution in [-0.2, 0) is 0 Å². The summed E-state index contributed by atoms with van der Waals surface area (Å²) in [5.41, 5.74) is 0. The van der Waals surface area contributed by atoms with Crippen LogP contribution >= 0.6 is 0 Å². The number of hydrogen-bond acceptors (Lipinski definition) is 6. The highest BCUT2D eigenvalue weighted by molar-refractivity contribution is 4.53. The lowest BCUT2D eigenvalue weighted by Crippen LogP contribution is -1.84. The molecule has 0 amide bonds. The lowest BCUT2D eigenvalue weighted by Gasteiger charge is -2.04. The molecule has 0 aromatic heterocycles. The molecule has 0 aromatic rings. The first-order valence-electron chi connectivity index (χ1n) is 17.2. The van der Waals surface area contributed by atoms with Crippen LogP contribution in [0.2, 0.25) is 0 Å². The molecule has 1 fully saturated rings. The lowest BCUT2D eigenvalue weighted by atomic mass is 10.0. The minimum Gasteiger partial charge on any atom is -0.400 e. The van der Waals surface area contributed by atoms with Crippen molar-refractivity contribution < 1.29 is 30.6 Å². The van der Waals surface area contributed by atoms with Gasteiger partial charge in [-0.1, -0.05) is 186 Å². The van der Waals surface area contributed by atoms with E-state index >= 15 is 0 Å². The Labute approximate surface area is 259 Å². The van der Waals surface area contributed by atoms with E-state index in [2.05, 4.69) is 0 Å². The second kappa shape index (κ2) is 72.2. The van der Waals surface area contributed by atoms with Crippen LogP contribution in [-0.4, -0.2) is 73.3 Å². The van der Waals surface area contributed by atoms with Crippen LogP contribution in [0.25, 0.3) is 0 Å². The largest absolute Gasteiger partial charge is 0.400 e. The number of rotatable bonds is 0. The maximum atomic E-state index is 7.00. The summed E-state index contributed by atoms with van der Waals surface area (Å²) in [6, 6.07) is 0. The van der Waals surface area contributed by atoms with Gasteiger partial charge < -0.3 is 30.6 Å². The number of aliphatic hydroxyl groups is 6. The van der Waals surface area contributed by atoms with Gasteiger partial charge in [-0.25, -0.2) is 0 Å². The molecule has 1 aliphatic rings. The van der Waals surface area contributed by atoms with Crippen molar-refractivity contribution in [3.8, 4) is 0 Å². The van der Waals surface area contributed by atoms with Gasteiger partial charge in [0, 0.05) is 42.7 Å². The second-order valence-corrected chi connectivity index (χ2v) is 10.3. The summed E-state index contributed by atoms with van der Waals surface area (Å²) in [7, 11) is 6.00. The zero-order valence-corrected chi connectivity index (χ0v) is 29.2. The zero-order valence-electron chi connectivity index (χ0n) is 29.2. The first kappa shape index (κ1) is 53.3. The van der Waals surface area contributed by atoms with E-state index in [9.17, 15) is 0 Å². The van der Waals surface area contributed by atoms with E-state index in [1.165, 1.54) is 186 Å². The Morgan fingerprint density at radius 2 is 0.146 bits per heavy atom. The molecule has 0 heterocycles. The van der Waals surface area contributed by atoms with Crippen LogP contribution < -0.4 is 0 Å². The van der Waals surface area contributed by atoms with Crippen molar-refractivity contribution in [1.29, 1.82) is 0 Å². The molecule has 6 heteroatoms. The van der Waals surface area contributed by atoms with Crippen LogP contribution in [0.1, 0.15) is 186 Å². The van der Waals surface area contributed by atoms with Crippen LogP contribution in [0.4, 0.5) is 0 Å². The van der Waals surface area contributed by atoms with Crippen molar-refractivity contribution in [2.24, 2.45) is 0 Å². The van der Waals surface area contributed by atoms with Crippen molar-refractivity contribution in [3.05, 3.63) is 0 Å². The molecule has 0 aromatic carbocycles. The Morgan fingerprint density at radius 3 is 0.171 bits per heavy atom. The predicted octanol–water partition coefficient (Wildman–Crippen LogP) is 8.96. The highest BCUT2D eigenvalue weighted by Gasteiger charge is 1.97. The third-order valence-corrected chi connectivity index (χ3v) is 7.25. The second-order valence-electron chi connectivity index (χ2n) is 10.3. The molecule has 0 unspecified atom stereocenters. The molecule has 0 bridgehead atoms. The predicted molar refractivity (Wildman–Crippen MR) is 183 cm³/mol. The molecule has 0 radical (unpaired) electrons. The van der Waals surface area contributed by atoms with E-state index in [1.807, 2.05) is 0 Å². The summed E-state index contributed by atoms with van der Waals surface area (Å²) in [4.78, 5) is 0. The molecule has 0 spiro atoms. The summed E-state index contributed by atoms with van der Waals surface area (Å²) in [5, 5.41) is 42.0. The van der Waals surface area contributed by atoms with Crippen molar-refractivity contribution in [2.45, 2.75) is 186 Å². The van der Waals surface area contributed by atoms with Crippen molar-refractivity contribution >= 4 is 0 Å². The maximum absolute atomic E-state index is 7.00. The molecular weight excluding hydrogens is 516 g/mol. The molecule has 41 heavy (non-hydrogen) atoms. The summed E-state index contributed by atoms with van der Waals surface area (Å²) in [5.74, 6) is 0. The smallest absolute Gasteiger partial charge is 0.0319 e. The number of aliphatic hydroxyl groups excluding tert-OH is 6. The molecule has 0 saturated heterocycles. The summed E-state index contributed by atoms with van der Waals surface area (Å²) in [6.45, 7) is 0. The van der Waals surface area contributed by atoms with Gasteiger partial charge in [0.1, 0.15) is 0 Å². The Kier molecular flexibility index (Phi) is 93.9. The third-order valence-electron chi connectivity index (χ3n) is 7.25. The molecular formula is C35H82O6. The topological polar surface area (TPSA) is 121 Å². The highest BCUT2D eigenvalue weighted by atomic mass is 16.2. The van der Waals surface area contributed by atoms with E-state index < -0.39 is 0 Å². The van der Waals surface area contributed by atoms with Gasteiger partial charge >= 0.3 is 0 Å². The van der Waals surface area contributed by atoms with E-state index in [0.29, 0.717) is 0 Å². The van der Waals surface area contributed by atoms with Crippen LogP contribution in [0.3, 0.4) is 0 Å². The van der Waals surface area contributed by atoms with E-state index in [0.717, 1.165) is 42.7 Å². The van der Waals surface area contributed by atoms with E-state index in [4.69, 9.17) is 30.6 Å². The standard InChI is InChI=1S/C29H58.6CH4O/c1-2-4-6-8-10-12-14-16-18-20-22-24-26-28-29-27-25-23-21-19-17-15-13-11-9-7-5-3-1;6*1-2/h1-29H2;6*2H,1H3. The Hall–Kier alpha value is -0.240. The van der Waals surface area contributed by atoms with Gasteiger partial charge in [0.2, 0.25) is 0 Å². The SMILES string of the molecule is C1CCCCCCCCCCCCCCCCCCCCCCCCCCCC1.CO.CO.CO.CO.CO.CO. The first-order chi connectivity index (χ1) is 20.5. The monoisotopic (exact) mass is 599 g/mol. The fourth-order valence-corrected chi connectivity index (χ4v) is 5.13. The molecule has 6 N–H and O–H groups in total. The van der Waals surface area contributed by atoms with E-state index in [-0.39, 0.29) is 0 Å². The molecule has 1 aliphatic carbocycles. The zero-order chi connectivity index (χ0) is 32.5. The molecule has 6 nitrogen and oxygen atoms in total. The average Bonchev–Trinajstić information content (AvgIpc) is 3.06. The molecule has 258 valence electrons. The van der Waals surface area contributed by atoms with Crippen molar-refractivity contribution in [3.63, 3.8) is 0 Å². The number of hydrogen-bond donors (Lipinski definition) is 6. The minimum absolute atomic E-state index is 1.00. The highest BCUT2D eigenvalue weighted by Crippen LogP contribution is 2.17. The first-order valence-corrected chi connectivity index (χ1v) is 17.2. The quantitative estimate of drug-likeness (QED) is 0.165. The van der Waals surface area contributed by atoms with Gasteiger partial charge in [-0.05, 0) is 0 Å². The van der Waals surface area contributed by atoms with Crippen molar-refractivity contribution in [1.82, 2.24) is 0 Å². The van der Waals surface area contributed by atoms with Crippen LogP contribution in [0, 0.1) is 0 Å². The van der Waals surface area contributed by atoms with Crippen molar-refractivity contribution in [2.75, 3.05) is 42.7 Å². The van der Waals surface area contributed by atoms with Crippen LogP contribution in [0.5, 0.6) is 0 Å². The Balaban J connectivity index is -0.000000225. The third kappa shape index (κ3) is 68.5. The molecule has 1 rings (SSSR count). The summed E-state index contributed by atoms with van der Waals surface area (Å²) in [6.07, 6.45) is 43.5. The molecule has 0 atom stereocenters. The maximum Gasteiger partial charge on any atom is 0.0319 e. The van der Waals surface area contributed by atoms with E-state index in [1.54, 1.807) is 0 Å². The Bertz CT molecular complexity index is 166. The minimum atomic E-state index is 1.00. The van der Waals surface area contributed by atoms with Gasteiger partial charge in [-0.2, -0.15) is 0 Å². The van der Waals surface area contributed by atoms with Gasteiger partial charge in [-0.15, -0.1) is 0 Å². The van der Waals surface area contributed by atoms with Gasteiger partial charge in [0.25, 0.3) is 0 Å². The van der Waals surface area contributed by atoms with Crippen LogP contribution in [0.15, 0.2) is 0 Å². The normalized spacial score (nSPS) is 17.9. The van der Waals surface area contributed by atoms with Gasteiger partial charge in [0.15, 0.2) is 0 Å². The Morgan fingerprint density at radius 1 is 0.122 bits per heavy atom. The molecule has 1 saturated carbocycles. The summed E-state index contributed by atoms with van der Waals surface area (Å²) >= 11 is 0. The fraction of sp³-hybridized carbons (Fsp3) is 1.00. The van der Waals surface area contributed by atoms with Gasteiger partial charge in [0.05, 0.1) is 0 Å². The lowest BCUT2D eigenvalue weighted by molar-refractivity contribution is 0.399. The van der Waals surface area contributed by atoms with Gasteiger partial charge in [-0.3, -0.25) is 0 Å². The average molecular weight is 599 g/mol. The molecule has 0 aliphatic heterocycles.